The third-order valence-corrected chi connectivity index (χ3v) is 4.21. The number of nitrogens with two attached hydrogens (primary N) is 2. The summed E-state index contributed by atoms with van der Waals surface area (Å²) in [5, 5.41) is 6.73. The van der Waals surface area contributed by atoms with E-state index in [1.165, 1.54) is 12.3 Å². The summed E-state index contributed by atoms with van der Waals surface area (Å²) in [6.45, 7) is 6.05. The van der Waals surface area contributed by atoms with Gasteiger partial charge in [-0.25, -0.2) is 4.39 Å². The Balaban J connectivity index is 2.38. The average Bonchev–Trinajstić information content (AvgIpc) is 2.87. The van der Waals surface area contributed by atoms with E-state index >= 15 is 0 Å². The Bertz CT molecular complexity index is 907. The van der Waals surface area contributed by atoms with E-state index in [-0.39, 0.29) is 5.82 Å². The van der Waals surface area contributed by atoms with E-state index in [0.717, 1.165) is 27.8 Å². The Morgan fingerprint density at radius 3 is 2.52 bits per heavy atom. The van der Waals surface area contributed by atoms with Crippen LogP contribution in [0.1, 0.15) is 36.6 Å². The molecular weight excluding hydrogens is 289 g/mol. The van der Waals surface area contributed by atoms with Crippen molar-refractivity contribution in [3.8, 4) is 5.69 Å². The van der Waals surface area contributed by atoms with E-state index < -0.39 is 0 Å². The second-order valence-electron chi connectivity index (χ2n) is 6.20. The predicted octanol–water partition coefficient (Wildman–Crippen LogP) is 2.96. The SMILES string of the molecule is Cc1cc(-n2c(C(C)C)cc3cc(N)c(C=[NH2+])cc32)ccc1F. The Kier molecular flexibility index (Phi) is 3.68. The fourth-order valence-electron chi connectivity index (χ4n) is 2.94. The first kappa shape index (κ1) is 15.3. The van der Waals surface area contributed by atoms with Gasteiger partial charge in [-0.05, 0) is 54.8 Å². The maximum atomic E-state index is 13.6. The zero-order valence-electron chi connectivity index (χ0n) is 13.6. The smallest absolute Gasteiger partial charge is 0.169 e. The molecule has 0 spiro atoms. The van der Waals surface area contributed by atoms with Crippen LogP contribution < -0.4 is 11.1 Å². The molecule has 0 aliphatic carbocycles. The van der Waals surface area contributed by atoms with Crippen molar-refractivity contribution in [2.75, 3.05) is 5.73 Å². The lowest BCUT2D eigenvalue weighted by atomic mass is 10.1. The zero-order chi connectivity index (χ0) is 16.7. The van der Waals surface area contributed by atoms with Gasteiger partial charge in [-0.15, -0.1) is 0 Å². The molecule has 0 bridgehead atoms. The highest BCUT2D eigenvalue weighted by molar-refractivity contribution is 5.95. The van der Waals surface area contributed by atoms with E-state index in [0.29, 0.717) is 17.2 Å². The summed E-state index contributed by atoms with van der Waals surface area (Å²) in [6, 6.07) is 11.2. The van der Waals surface area contributed by atoms with E-state index in [4.69, 9.17) is 11.1 Å². The Labute approximate surface area is 135 Å². The molecule has 1 aromatic heterocycles. The first-order valence-corrected chi connectivity index (χ1v) is 7.68. The van der Waals surface area contributed by atoms with E-state index in [9.17, 15) is 4.39 Å². The van der Waals surface area contributed by atoms with Crippen molar-refractivity contribution in [2.24, 2.45) is 0 Å². The highest BCUT2D eigenvalue weighted by Crippen LogP contribution is 2.32. The highest BCUT2D eigenvalue weighted by Gasteiger charge is 2.16. The van der Waals surface area contributed by atoms with Gasteiger partial charge in [0.2, 0.25) is 0 Å². The minimum Gasteiger partial charge on any atom is -0.398 e. The van der Waals surface area contributed by atoms with Crippen LogP contribution in [-0.2, 0) is 0 Å². The summed E-state index contributed by atoms with van der Waals surface area (Å²) >= 11 is 0. The molecule has 0 fully saturated rings. The first-order chi connectivity index (χ1) is 10.9. The Morgan fingerprint density at radius 2 is 1.91 bits per heavy atom. The monoisotopic (exact) mass is 310 g/mol. The molecule has 118 valence electrons. The van der Waals surface area contributed by atoms with Gasteiger partial charge < -0.3 is 10.3 Å². The molecule has 2 aromatic carbocycles. The fraction of sp³-hybridized carbons (Fsp3) is 0.211. The van der Waals surface area contributed by atoms with Crippen LogP contribution in [0.3, 0.4) is 0 Å². The molecule has 0 aliphatic rings. The number of anilines is 1. The molecule has 3 aromatic rings. The molecule has 0 atom stereocenters. The number of benzene rings is 2. The molecule has 0 saturated heterocycles. The van der Waals surface area contributed by atoms with Crippen molar-refractivity contribution < 1.29 is 9.80 Å². The van der Waals surface area contributed by atoms with Crippen LogP contribution in [0.4, 0.5) is 10.1 Å². The van der Waals surface area contributed by atoms with Crippen molar-refractivity contribution >= 4 is 22.8 Å². The van der Waals surface area contributed by atoms with E-state index in [1.54, 1.807) is 13.0 Å². The maximum Gasteiger partial charge on any atom is 0.169 e. The topological polar surface area (TPSA) is 56.5 Å². The lowest BCUT2D eigenvalue weighted by Gasteiger charge is -2.14. The van der Waals surface area contributed by atoms with Crippen LogP contribution in [0.15, 0.2) is 36.4 Å². The molecule has 0 radical (unpaired) electrons. The number of halogens is 1. The van der Waals surface area contributed by atoms with Gasteiger partial charge in [-0.2, -0.15) is 0 Å². The number of hydrogen-bond donors (Lipinski definition) is 2. The molecular formula is C19H21FN3+. The van der Waals surface area contributed by atoms with Gasteiger partial charge in [0, 0.05) is 22.5 Å². The molecule has 23 heavy (non-hydrogen) atoms. The molecule has 4 heteroatoms. The minimum atomic E-state index is -0.198. The summed E-state index contributed by atoms with van der Waals surface area (Å²) < 4.78 is 15.8. The van der Waals surface area contributed by atoms with Crippen molar-refractivity contribution in [3.63, 3.8) is 0 Å². The highest BCUT2D eigenvalue weighted by atomic mass is 19.1. The number of nitrogen functional groups attached to an aromatic ring is 1. The summed E-state index contributed by atoms with van der Waals surface area (Å²) in [5.41, 5.74) is 11.2. The van der Waals surface area contributed by atoms with Gasteiger partial charge in [0.1, 0.15) is 5.82 Å². The molecule has 0 amide bonds. The fourth-order valence-corrected chi connectivity index (χ4v) is 2.94. The van der Waals surface area contributed by atoms with Crippen molar-refractivity contribution in [1.82, 2.24) is 4.57 Å². The third-order valence-electron chi connectivity index (χ3n) is 4.21. The van der Waals surface area contributed by atoms with Crippen LogP contribution in [0.2, 0.25) is 0 Å². The molecule has 1 heterocycles. The largest absolute Gasteiger partial charge is 0.398 e. The first-order valence-electron chi connectivity index (χ1n) is 7.68. The summed E-state index contributed by atoms with van der Waals surface area (Å²) in [6.07, 6.45) is 1.51. The second kappa shape index (κ2) is 5.54. The Morgan fingerprint density at radius 1 is 1.17 bits per heavy atom. The number of hydrogen-bond acceptors (Lipinski definition) is 1. The molecule has 0 unspecified atom stereocenters. The van der Waals surface area contributed by atoms with Gasteiger partial charge in [0.25, 0.3) is 0 Å². The van der Waals surface area contributed by atoms with Gasteiger partial charge in [-0.1, -0.05) is 13.8 Å². The zero-order valence-corrected chi connectivity index (χ0v) is 13.6. The maximum absolute atomic E-state index is 13.6. The minimum absolute atomic E-state index is 0.198. The van der Waals surface area contributed by atoms with Crippen LogP contribution >= 0.6 is 0 Å². The normalized spacial score (nSPS) is 11.3. The lowest BCUT2D eigenvalue weighted by Crippen LogP contribution is -2.30. The summed E-state index contributed by atoms with van der Waals surface area (Å²) in [7, 11) is 0. The standard InChI is InChI=1S/C19H20FN3/c1-11(2)18-8-13-7-17(22)14(10-21)9-19(13)23(18)15-4-5-16(20)12(3)6-15/h4-11,21H,22H2,1-3H3/p+1. The van der Waals surface area contributed by atoms with Gasteiger partial charge in [0.05, 0.1) is 11.1 Å². The predicted molar refractivity (Wildman–Crippen MR) is 93.6 cm³/mol. The van der Waals surface area contributed by atoms with Gasteiger partial charge >= 0.3 is 0 Å². The quantitative estimate of drug-likeness (QED) is 0.567. The van der Waals surface area contributed by atoms with Crippen LogP contribution in [0.5, 0.6) is 0 Å². The van der Waals surface area contributed by atoms with E-state index in [2.05, 4.69) is 24.5 Å². The van der Waals surface area contributed by atoms with Crippen molar-refractivity contribution in [1.29, 1.82) is 0 Å². The van der Waals surface area contributed by atoms with Crippen molar-refractivity contribution in [2.45, 2.75) is 26.7 Å². The molecule has 4 N–H and O–H groups in total. The number of fused-ring (bicyclic) bond motifs is 1. The van der Waals surface area contributed by atoms with E-state index in [1.807, 2.05) is 18.2 Å². The lowest BCUT2D eigenvalue weighted by molar-refractivity contribution is -0.104. The number of nitrogens with zero attached hydrogens (tertiary/aromatic N) is 1. The number of aromatic nitrogens is 1. The van der Waals surface area contributed by atoms with Gasteiger partial charge in [0.15, 0.2) is 6.21 Å². The van der Waals surface area contributed by atoms with Crippen molar-refractivity contribution in [3.05, 3.63) is 59.0 Å². The summed E-state index contributed by atoms with van der Waals surface area (Å²) in [5.74, 6) is 0.121. The molecule has 0 saturated carbocycles. The molecule has 0 aliphatic heterocycles. The third kappa shape index (κ3) is 2.50. The second-order valence-corrected chi connectivity index (χ2v) is 6.20. The average molecular weight is 310 g/mol. The molecule has 3 rings (SSSR count). The molecule has 3 nitrogen and oxygen atoms in total. The summed E-state index contributed by atoms with van der Waals surface area (Å²) in [4.78, 5) is 0. The van der Waals surface area contributed by atoms with Crippen LogP contribution in [0.25, 0.3) is 16.6 Å². The number of aryl methyl sites for hydroxylation is 1. The van der Waals surface area contributed by atoms with Crippen LogP contribution in [0, 0.1) is 12.7 Å². The number of rotatable bonds is 3. The van der Waals surface area contributed by atoms with Gasteiger partial charge in [-0.3, -0.25) is 5.41 Å². The Hall–Kier alpha value is -2.62. The van der Waals surface area contributed by atoms with Crippen LogP contribution in [-0.4, -0.2) is 10.8 Å².